The summed E-state index contributed by atoms with van der Waals surface area (Å²) in [6.07, 6.45) is 4.69. The molecule has 0 saturated carbocycles. The lowest BCUT2D eigenvalue weighted by molar-refractivity contribution is -0.158. The van der Waals surface area contributed by atoms with Crippen LogP contribution < -0.4 is 4.74 Å². The summed E-state index contributed by atoms with van der Waals surface area (Å²) in [6.45, 7) is 1.91. The predicted octanol–water partition coefficient (Wildman–Crippen LogP) is 2.07. The van der Waals surface area contributed by atoms with Gasteiger partial charge in [-0.05, 0) is 49.7 Å². The van der Waals surface area contributed by atoms with E-state index in [1.54, 1.807) is 0 Å². The molecule has 0 aromatic heterocycles. The molecular weight excluding hydrogens is 356 g/mol. The van der Waals surface area contributed by atoms with E-state index in [-0.39, 0.29) is 36.4 Å². The first-order valence-corrected chi connectivity index (χ1v) is 10.5. The lowest BCUT2D eigenvalue weighted by atomic mass is 9.72. The van der Waals surface area contributed by atoms with E-state index in [9.17, 15) is 14.7 Å². The molecule has 2 bridgehead atoms. The smallest absolute Gasteiger partial charge is 0.223 e. The Morgan fingerprint density at radius 2 is 1.96 bits per heavy atom. The number of rotatable bonds is 6. The maximum absolute atomic E-state index is 12.8. The highest BCUT2D eigenvalue weighted by molar-refractivity contribution is 5.78. The van der Waals surface area contributed by atoms with Crippen LogP contribution in [0.4, 0.5) is 0 Å². The van der Waals surface area contributed by atoms with Gasteiger partial charge in [0.1, 0.15) is 5.75 Å². The Morgan fingerprint density at radius 1 is 1.18 bits per heavy atom. The van der Waals surface area contributed by atoms with Gasteiger partial charge in [-0.2, -0.15) is 0 Å². The van der Waals surface area contributed by atoms with Crippen molar-refractivity contribution in [1.82, 2.24) is 9.80 Å². The van der Waals surface area contributed by atoms with Crippen molar-refractivity contribution < 1.29 is 19.4 Å². The zero-order valence-electron chi connectivity index (χ0n) is 16.3. The highest BCUT2D eigenvalue weighted by atomic mass is 16.5. The van der Waals surface area contributed by atoms with Crippen molar-refractivity contribution in [3.05, 3.63) is 30.3 Å². The molecule has 3 heterocycles. The lowest BCUT2D eigenvalue weighted by Gasteiger charge is -2.56. The SMILES string of the molecule is O=C(CCCOc1ccccc1)N1C[C@H]2C[C@@H](C1)[C@H](CO)N1C(=O)CCC[C@@H]21. The Hall–Kier alpha value is -2.08. The molecule has 3 aliphatic heterocycles. The van der Waals surface area contributed by atoms with E-state index in [4.69, 9.17) is 4.74 Å². The zero-order valence-corrected chi connectivity index (χ0v) is 16.3. The van der Waals surface area contributed by atoms with Crippen molar-refractivity contribution in [2.24, 2.45) is 11.8 Å². The second-order valence-electron chi connectivity index (χ2n) is 8.33. The van der Waals surface area contributed by atoms with Crippen LogP contribution in [-0.4, -0.2) is 65.1 Å². The van der Waals surface area contributed by atoms with E-state index in [1.165, 1.54) is 0 Å². The van der Waals surface area contributed by atoms with Gasteiger partial charge in [-0.3, -0.25) is 9.59 Å². The number of piperidine rings is 3. The minimum absolute atomic E-state index is 0.00737. The molecule has 3 fully saturated rings. The number of carbonyl (C=O) groups is 2. The third kappa shape index (κ3) is 3.88. The molecule has 0 unspecified atom stereocenters. The number of hydrogen-bond donors (Lipinski definition) is 1. The summed E-state index contributed by atoms with van der Waals surface area (Å²) < 4.78 is 5.69. The van der Waals surface area contributed by atoms with Crippen LogP contribution in [0.2, 0.25) is 0 Å². The van der Waals surface area contributed by atoms with Crippen LogP contribution in [0.15, 0.2) is 30.3 Å². The second kappa shape index (κ2) is 8.52. The standard InChI is InChI=1S/C22H30N2O4/c25-15-20-17-12-16(19-8-4-9-22(27)24(19)20)13-23(14-17)21(26)10-5-11-28-18-6-2-1-3-7-18/h1-3,6-7,16-17,19-20,25H,4-5,8-15H2/t16-,17+,19+,20+/m1/s1. The van der Waals surface area contributed by atoms with Crippen LogP contribution in [0.1, 0.15) is 38.5 Å². The van der Waals surface area contributed by atoms with Gasteiger partial charge < -0.3 is 19.6 Å². The fourth-order valence-electron chi connectivity index (χ4n) is 5.30. The maximum atomic E-state index is 12.8. The van der Waals surface area contributed by atoms with Crippen LogP contribution in [0.3, 0.4) is 0 Å². The summed E-state index contributed by atoms with van der Waals surface area (Å²) in [6, 6.07) is 9.70. The van der Waals surface area contributed by atoms with Gasteiger partial charge >= 0.3 is 0 Å². The molecule has 4 rings (SSSR count). The minimum Gasteiger partial charge on any atom is -0.494 e. The molecule has 152 valence electrons. The molecular formula is C22H30N2O4. The first kappa shape index (κ1) is 19.2. The van der Waals surface area contributed by atoms with Gasteiger partial charge in [0, 0.05) is 32.0 Å². The molecule has 0 spiro atoms. The van der Waals surface area contributed by atoms with Crippen LogP contribution in [0, 0.1) is 11.8 Å². The van der Waals surface area contributed by atoms with Crippen molar-refractivity contribution >= 4 is 11.8 Å². The van der Waals surface area contributed by atoms with Gasteiger partial charge in [0.15, 0.2) is 0 Å². The number of aliphatic hydroxyl groups excluding tert-OH is 1. The van der Waals surface area contributed by atoms with Crippen LogP contribution in [0.25, 0.3) is 0 Å². The first-order chi connectivity index (χ1) is 13.7. The Morgan fingerprint density at radius 3 is 2.75 bits per heavy atom. The third-order valence-corrected chi connectivity index (χ3v) is 6.58. The van der Waals surface area contributed by atoms with Gasteiger partial charge in [0.05, 0.1) is 19.3 Å². The van der Waals surface area contributed by atoms with Crippen LogP contribution >= 0.6 is 0 Å². The quantitative estimate of drug-likeness (QED) is 0.760. The molecule has 2 amide bonds. The van der Waals surface area contributed by atoms with Crippen LogP contribution in [-0.2, 0) is 9.59 Å². The number of benzene rings is 1. The van der Waals surface area contributed by atoms with E-state index in [2.05, 4.69) is 0 Å². The van der Waals surface area contributed by atoms with Gasteiger partial charge in [0.25, 0.3) is 0 Å². The Bertz CT molecular complexity index is 681. The van der Waals surface area contributed by atoms with Gasteiger partial charge in [-0.25, -0.2) is 0 Å². The summed E-state index contributed by atoms with van der Waals surface area (Å²) >= 11 is 0. The molecule has 0 radical (unpaired) electrons. The van der Waals surface area contributed by atoms with Crippen molar-refractivity contribution in [1.29, 1.82) is 0 Å². The van der Waals surface area contributed by atoms with E-state index in [1.807, 2.05) is 40.1 Å². The highest BCUT2D eigenvalue weighted by Crippen LogP contribution is 2.41. The molecule has 28 heavy (non-hydrogen) atoms. The molecule has 3 saturated heterocycles. The molecule has 1 aromatic carbocycles. The van der Waals surface area contributed by atoms with E-state index in [0.29, 0.717) is 38.3 Å². The molecule has 1 N–H and O–H groups in total. The average Bonchev–Trinajstić information content (AvgIpc) is 2.72. The number of aliphatic hydroxyl groups is 1. The van der Waals surface area contributed by atoms with Crippen molar-refractivity contribution in [2.45, 2.75) is 50.6 Å². The molecule has 1 aromatic rings. The number of amides is 2. The zero-order chi connectivity index (χ0) is 19.5. The Balaban J connectivity index is 1.32. The fraction of sp³-hybridized carbons (Fsp3) is 0.636. The second-order valence-corrected chi connectivity index (χ2v) is 8.33. The predicted molar refractivity (Wildman–Crippen MR) is 105 cm³/mol. The fourth-order valence-corrected chi connectivity index (χ4v) is 5.30. The monoisotopic (exact) mass is 386 g/mol. The van der Waals surface area contributed by atoms with Gasteiger partial charge in [-0.1, -0.05) is 18.2 Å². The Kier molecular flexibility index (Phi) is 5.85. The number of fused-ring (bicyclic) bond motifs is 4. The normalized spacial score (nSPS) is 29.4. The number of nitrogens with zero attached hydrogens (tertiary/aromatic N) is 2. The minimum atomic E-state index is -0.133. The average molecular weight is 386 g/mol. The van der Waals surface area contributed by atoms with Gasteiger partial charge in [0.2, 0.25) is 11.8 Å². The van der Waals surface area contributed by atoms with Crippen LogP contribution in [0.5, 0.6) is 5.75 Å². The van der Waals surface area contributed by atoms with Crippen molar-refractivity contribution in [3.63, 3.8) is 0 Å². The van der Waals surface area contributed by atoms with Crippen molar-refractivity contribution in [3.8, 4) is 5.75 Å². The molecule has 4 atom stereocenters. The third-order valence-electron chi connectivity index (χ3n) is 6.58. The molecule has 6 heteroatoms. The summed E-state index contributed by atoms with van der Waals surface area (Å²) in [7, 11) is 0. The van der Waals surface area contributed by atoms with E-state index in [0.717, 1.165) is 31.6 Å². The molecule has 6 nitrogen and oxygen atoms in total. The number of carbonyl (C=O) groups excluding carboxylic acids is 2. The van der Waals surface area contributed by atoms with E-state index >= 15 is 0 Å². The lowest BCUT2D eigenvalue weighted by Crippen LogP contribution is -2.66. The van der Waals surface area contributed by atoms with Crippen molar-refractivity contribution in [2.75, 3.05) is 26.3 Å². The Labute approximate surface area is 166 Å². The largest absolute Gasteiger partial charge is 0.494 e. The number of likely N-dealkylation sites (tertiary alicyclic amines) is 1. The first-order valence-electron chi connectivity index (χ1n) is 10.5. The highest BCUT2D eigenvalue weighted by Gasteiger charge is 2.49. The number of hydrogen-bond acceptors (Lipinski definition) is 4. The summed E-state index contributed by atoms with van der Waals surface area (Å²) in [5.74, 6) is 1.71. The van der Waals surface area contributed by atoms with Gasteiger partial charge in [-0.15, -0.1) is 0 Å². The molecule has 3 aliphatic rings. The number of ether oxygens (including phenoxy) is 1. The number of para-hydroxylation sites is 1. The summed E-state index contributed by atoms with van der Waals surface area (Å²) in [5.41, 5.74) is 0. The summed E-state index contributed by atoms with van der Waals surface area (Å²) in [4.78, 5) is 29.2. The molecule has 0 aliphatic carbocycles. The topological polar surface area (TPSA) is 70.1 Å². The summed E-state index contributed by atoms with van der Waals surface area (Å²) in [5, 5.41) is 9.95. The maximum Gasteiger partial charge on any atom is 0.223 e. The van der Waals surface area contributed by atoms with E-state index < -0.39 is 0 Å².